The summed E-state index contributed by atoms with van der Waals surface area (Å²) in [6, 6.07) is 0. The van der Waals surface area contributed by atoms with Gasteiger partial charge in [-0.25, -0.2) is 0 Å². The van der Waals surface area contributed by atoms with Crippen LogP contribution in [0.1, 0.15) is 12.8 Å². The first-order valence-corrected chi connectivity index (χ1v) is 9.27. The second-order valence-electron chi connectivity index (χ2n) is 4.26. The fourth-order valence-electron chi connectivity index (χ4n) is 1.77. The van der Waals surface area contributed by atoms with Crippen LogP contribution in [0, 0.1) is 20.2 Å². The maximum atomic E-state index is 11.3. The molecule has 2 aliphatic rings. The number of thioether (sulfide) groups is 3. The molecule has 0 radical (unpaired) electrons. The lowest BCUT2D eigenvalue weighted by atomic mass is 10.5. The zero-order valence-corrected chi connectivity index (χ0v) is 13.5. The van der Waals surface area contributed by atoms with Crippen molar-refractivity contribution in [2.75, 3.05) is 24.6 Å². The fourth-order valence-corrected chi connectivity index (χ4v) is 5.12. The van der Waals surface area contributed by atoms with E-state index in [9.17, 15) is 20.2 Å². The summed E-state index contributed by atoms with van der Waals surface area (Å²) in [5, 5.41) is 20.9. The molecule has 116 valence electrons. The molecule has 21 heavy (non-hydrogen) atoms. The van der Waals surface area contributed by atoms with Crippen molar-refractivity contribution < 1.29 is 9.85 Å². The van der Waals surface area contributed by atoms with Crippen LogP contribution in [0.15, 0.2) is 9.98 Å². The van der Waals surface area contributed by atoms with Gasteiger partial charge in [0.2, 0.25) is 0 Å². The van der Waals surface area contributed by atoms with Gasteiger partial charge in [-0.3, -0.25) is 30.2 Å². The minimum absolute atomic E-state index is 0.379. The van der Waals surface area contributed by atoms with E-state index in [1.165, 1.54) is 23.5 Å². The van der Waals surface area contributed by atoms with Crippen LogP contribution in [0.3, 0.4) is 0 Å². The summed E-state index contributed by atoms with van der Waals surface area (Å²) in [6.45, 7) is 1.10. The van der Waals surface area contributed by atoms with Crippen molar-refractivity contribution in [3.8, 4) is 0 Å². The Kier molecular flexibility index (Phi) is 6.30. The lowest BCUT2D eigenvalue weighted by molar-refractivity contribution is -0.488. The summed E-state index contributed by atoms with van der Waals surface area (Å²) in [5.41, 5.74) is 0. The van der Waals surface area contributed by atoms with Crippen LogP contribution >= 0.6 is 35.3 Å². The Labute approximate surface area is 133 Å². The van der Waals surface area contributed by atoms with Gasteiger partial charge in [-0.2, -0.15) is 0 Å². The predicted octanol–water partition coefficient (Wildman–Crippen LogP) is 2.00. The lowest BCUT2D eigenvalue weighted by Gasteiger charge is -2.18. The molecule has 2 atom stereocenters. The molecular formula is C10H14N4O4S3. The van der Waals surface area contributed by atoms with Gasteiger partial charge in [0.25, 0.3) is 0 Å². The molecule has 8 nitrogen and oxygen atoms in total. The van der Waals surface area contributed by atoms with Gasteiger partial charge in [0.15, 0.2) is 10.1 Å². The Morgan fingerprint density at radius 3 is 1.67 bits per heavy atom. The van der Waals surface area contributed by atoms with Crippen LogP contribution in [0.4, 0.5) is 0 Å². The van der Waals surface area contributed by atoms with Crippen molar-refractivity contribution in [3.05, 3.63) is 20.2 Å². The van der Waals surface area contributed by atoms with E-state index in [-0.39, 0.29) is 0 Å². The third-order valence-electron chi connectivity index (χ3n) is 2.70. The first-order chi connectivity index (χ1) is 10.1. The zero-order chi connectivity index (χ0) is 15.2. The van der Waals surface area contributed by atoms with E-state index >= 15 is 0 Å². The van der Waals surface area contributed by atoms with Gasteiger partial charge >= 0.3 is 10.7 Å². The second kappa shape index (κ2) is 7.99. The molecule has 0 aromatic heterocycles. The molecule has 11 heteroatoms. The topological polar surface area (TPSA) is 111 Å². The highest BCUT2D eigenvalue weighted by molar-refractivity contribution is 8.18. The minimum Gasteiger partial charge on any atom is -0.275 e. The molecular weight excluding hydrogens is 336 g/mol. The third kappa shape index (κ3) is 4.58. The van der Waals surface area contributed by atoms with Gasteiger partial charge in [-0.05, 0) is 12.8 Å². The number of rotatable bonds is 6. The Balaban J connectivity index is 2.15. The van der Waals surface area contributed by atoms with Gasteiger partial charge in [0.05, 0.1) is 0 Å². The normalized spacial score (nSPS) is 21.9. The van der Waals surface area contributed by atoms with E-state index in [0.717, 1.165) is 36.1 Å². The summed E-state index contributed by atoms with van der Waals surface area (Å²) in [6.07, 6.45) is 1.76. The number of aliphatic imine (C=N–C) groups is 2. The van der Waals surface area contributed by atoms with E-state index in [0.29, 0.717) is 23.2 Å². The number of hydrogen-bond acceptors (Lipinski definition) is 9. The summed E-state index contributed by atoms with van der Waals surface area (Å²) in [5.74, 6) is 1.53. The molecule has 0 fully saturated rings. The van der Waals surface area contributed by atoms with Crippen molar-refractivity contribution >= 4 is 45.4 Å². The molecule has 0 aromatic rings. The molecule has 2 unspecified atom stereocenters. The zero-order valence-electron chi connectivity index (χ0n) is 11.0. The fraction of sp³-hybridized carbons (Fsp3) is 0.800. The van der Waals surface area contributed by atoms with Crippen LogP contribution in [0.25, 0.3) is 0 Å². The third-order valence-corrected chi connectivity index (χ3v) is 6.59. The van der Waals surface area contributed by atoms with E-state index in [1.807, 2.05) is 0 Å². The summed E-state index contributed by atoms with van der Waals surface area (Å²) in [7, 11) is 0. The van der Waals surface area contributed by atoms with E-state index in [4.69, 9.17) is 0 Å². The molecule has 0 bridgehead atoms. The van der Waals surface area contributed by atoms with Gasteiger partial charge in [0.1, 0.15) is 0 Å². The van der Waals surface area contributed by atoms with Crippen molar-refractivity contribution in [2.24, 2.45) is 9.98 Å². The SMILES string of the molecule is O=[N+]([O-])C(SC(C1=NCCCS1)[N+](=O)[O-])C1=NCCCS1. The van der Waals surface area contributed by atoms with Gasteiger partial charge in [-0.1, -0.05) is 0 Å². The molecule has 2 rings (SSSR count). The van der Waals surface area contributed by atoms with Crippen LogP contribution in [0.2, 0.25) is 0 Å². The molecule has 0 amide bonds. The van der Waals surface area contributed by atoms with Crippen LogP contribution in [-0.2, 0) is 0 Å². The number of hydrogen-bond donors (Lipinski definition) is 0. The molecule has 0 N–H and O–H groups in total. The van der Waals surface area contributed by atoms with E-state index in [2.05, 4.69) is 9.98 Å². The van der Waals surface area contributed by atoms with Gasteiger partial charge in [-0.15, -0.1) is 23.5 Å². The van der Waals surface area contributed by atoms with Crippen molar-refractivity contribution in [2.45, 2.75) is 23.6 Å². The molecule has 0 aliphatic carbocycles. The first-order valence-electron chi connectivity index (χ1n) is 6.36. The molecule has 0 saturated carbocycles. The summed E-state index contributed by atoms with van der Waals surface area (Å²) >= 11 is 3.35. The van der Waals surface area contributed by atoms with Crippen LogP contribution < -0.4 is 0 Å². The Morgan fingerprint density at radius 1 is 0.952 bits per heavy atom. The second-order valence-corrected chi connectivity index (χ2v) is 7.65. The van der Waals surface area contributed by atoms with Crippen LogP contribution in [-0.4, -0.2) is 55.3 Å². The Morgan fingerprint density at radius 2 is 1.38 bits per heavy atom. The van der Waals surface area contributed by atoms with E-state index < -0.39 is 20.6 Å². The molecule has 0 aromatic carbocycles. The predicted molar refractivity (Wildman–Crippen MR) is 87.9 cm³/mol. The van der Waals surface area contributed by atoms with Gasteiger partial charge < -0.3 is 0 Å². The van der Waals surface area contributed by atoms with Gasteiger partial charge in [0, 0.05) is 46.2 Å². The Hall–Kier alpha value is -0.810. The molecule has 0 spiro atoms. The molecule has 2 aliphatic heterocycles. The number of nitro groups is 2. The maximum Gasteiger partial charge on any atom is 0.312 e. The highest BCUT2D eigenvalue weighted by atomic mass is 32.2. The lowest BCUT2D eigenvalue weighted by Crippen LogP contribution is -2.34. The molecule has 2 heterocycles. The highest BCUT2D eigenvalue weighted by Crippen LogP contribution is 2.31. The highest BCUT2D eigenvalue weighted by Gasteiger charge is 2.41. The van der Waals surface area contributed by atoms with Crippen molar-refractivity contribution in [1.82, 2.24) is 0 Å². The average Bonchev–Trinajstić information content (AvgIpc) is 2.49. The Bertz CT molecular complexity index is 443. The average molecular weight is 350 g/mol. The van der Waals surface area contributed by atoms with Crippen LogP contribution in [0.5, 0.6) is 0 Å². The standard InChI is InChI=1S/C10H14N4O4S3/c15-13(16)9(7-11-3-1-5-19-7)21-10(14(17)18)8-12-4-2-6-20-8/h9-10H,1-6H2. The molecule has 0 saturated heterocycles. The summed E-state index contributed by atoms with van der Waals surface area (Å²) in [4.78, 5) is 29.8. The largest absolute Gasteiger partial charge is 0.312 e. The quantitative estimate of drug-likeness (QED) is 0.409. The van der Waals surface area contributed by atoms with Crippen molar-refractivity contribution in [3.63, 3.8) is 0 Å². The monoisotopic (exact) mass is 350 g/mol. The maximum absolute atomic E-state index is 11.3. The smallest absolute Gasteiger partial charge is 0.275 e. The van der Waals surface area contributed by atoms with E-state index in [1.54, 1.807) is 0 Å². The first kappa shape index (κ1) is 16.6. The van der Waals surface area contributed by atoms with Crippen molar-refractivity contribution in [1.29, 1.82) is 0 Å². The number of nitrogens with zero attached hydrogens (tertiary/aromatic N) is 4. The summed E-state index contributed by atoms with van der Waals surface area (Å²) < 4.78 is 0. The minimum atomic E-state index is -1.18.